The average Bonchev–Trinajstić information content (AvgIpc) is 2.92. The summed E-state index contributed by atoms with van der Waals surface area (Å²) in [5.74, 6) is -0.0774. The lowest BCUT2D eigenvalue weighted by molar-refractivity contribution is 0.0951. The molecule has 0 saturated heterocycles. The minimum Gasteiger partial charge on any atom is -0.443 e. The highest BCUT2D eigenvalue weighted by molar-refractivity contribution is 5.94. The Morgan fingerprint density at radius 1 is 1.25 bits per heavy atom. The Kier molecular flexibility index (Phi) is 3.21. The Bertz CT molecular complexity index is 762. The van der Waals surface area contributed by atoms with Crippen LogP contribution < -0.4 is 5.32 Å². The second kappa shape index (κ2) is 5.17. The number of rotatable bonds is 3. The number of amides is 1. The molecule has 0 fully saturated rings. The van der Waals surface area contributed by atoms with Crippen molar-refractivity contribution in [2.24, 2.45) is 0 Å². The van der Waals surface area contributed by atoms with E-state index in [1.807, 2.05) is 49.4 Å². The molecule has 0 saturated carbocycles. The first-order chi connectivity index (χ1) is 9.72. The van der Waals surface area contributed by atoms with Crippen molar-refractivity contribution in [1.82, 2.24) is 10.3 Å². The number of carbonyl (C=O) groups excluding carboxylic acids is 1. The van der Waals surface area contributed by atoms with E-state index in [1.54, 1.807) is 0 Å². The zero-order valence-electron chi connectivity index (χ0n) is 11.1. The van der Waals surface area contributed by atoms with Crippen molar-refractivity contribution in [3.63, 3.8) is 0 Å². The van der Waals surface area contributed by atoms with Crippen LogP contribution in [0.15, 0.2) is 53.3 Å². The van der Waals surface area contributed by atoms with Gasteiger partial charge in [-0.05, 0) is 36.8 Å². The van der Waals surface area contributed by atoms with Gasteiger partial charge in [0.2, 0.25) is 0 Å². The fraction of sp³-hybridized carbons (Fsp3) is 0.125. The molecule has 1 N–H and O–H groups in total. The lowest BCUT2D eigenvalue weighted by atomic mass is 10.1. The zero-order valence-corrected chi connectivity index (χ0v) is 11.1. The topological polar surface area (TPSA) is 55.1 Å². The van der Waals surface area contributed by atoms with E-state index < -0.39 is 0 Å². The molecule has 2 aromatic carbocycles. The summed E-state index contributed by atoms with van der Waals surface area (Å²) in [4.78, 5) is 16.1. The minimum atomic E-state index is -0.0774. The molecule has 20 heavy (non-hydrogen) atoms. The summed E-state index contributed by atoms with van der Waals surface area (Å²) >= 11 is 0. The van der Waals surface area contributed by atoms with E-state index in [2.05, 4.69) is 10.3 Å². The highest BCUT2D eigenvalue weighted by atomic mass is 16.3. The van der Waals surface area contributed by atoms with Crippen LogP contribution in [0, 0.1) is 6.92 Å². The Morgan fingerprint density at radius 3 is 3.00 bits per heavy atom. The van der Waals surface area contributed by atoms with Crippen LogP contribution in [0.25, 0.3) is 11.1 Å². The number of benzene rings is 2. The van der Waals surface area contributed by atoms with Gasteiger partial charge in [-0.2, -0.15) is 0 Å². The van der Waals surface area contributed by atoms with Crippen molar-refractivity contribution in [2.45, 2.75) is 13.5 Å². The van der Waals surface area contributed by atoms with Gasteiger partial charge in [0.05, 0.1) is 0 Å². The summed E-state index contributed by atoms with van der Waals surface area (Å²) in [5.41, 5.74) is 4.27. The molecule has 4 heteroatoms. The van der Waals surface area contributed by atoms with Gasteiger partial charge in [-0.25, -0.2) is 4.98 Å². The summed E-state index contributed by atoms with van der Waals surface area (Å²) < 4.78 is 5.24. The number of nitrogens with one attached hydrogen (secondary N) is 1. The van der Waals surface area contributed by atoms with E-state index in [0.717, 1.165) is 22.2 Å². The van der Waals surface area contributed by atoms with Crippen molar-refractivity contribution in [1.29, 1.82) is 0 Å². The molecule has 0 aliphatic carbocycles. The number of nitrogens with zero attached hydrogens (tertiary/aromatic N) is 1. The molecule has 0 radical (unpaired) electrons. The summed E-state index contributed by atoms with van der Waals surface area (Å²) in [7, 11) is 0. The van der Waals surface area contributed by atoms with Gasteiger partial charge < -0.3 is 9.73 Å². The normalized spacial score (nSPS) is 10.7. The summed E-state index contributed by atoms with van der Waals surface area (Å²) in [6.07, 6.45) is 1.42. The van der Waals surface area contributed by atoms with E-state index >= 15 is 0 Å². The van der Waals surface area contributed by atoms with Crippen LogP contribution in [0.4, 0.5) is 0 Å². The van der Waals surface area contributed by atoms with Gasteiger partial charge in [-0.15, -0.1) is 0 Å². The summed E-state index contributed by atoms with van der Waals surface area (Å²) in [5, 5.41) is 2.90. The largest absolute Gasteiger partial charge is 0.443 e. The van der Waals surface area contributed by atoms with Gasteiger partial charge in [0.1, 0.15) is 5.52 Å². The number of hydrogen-bond acceptors (Lipinski definition) is 3. The first-order valence-electron chi connectivity index (χ1n) is 6.39. The fourth-order valence-electron chi connectivity index (χ4n) is 2.08. The van der Waals surface area contributed by atoms with E-state index in [1.165, 1.54) is 6.39 Å². The molecular formula is C16H14N2O2. The molecule has 0 aliphatic heterocycles. The SMILES string of the molecule is Cc1cccc(C(=O)NCc2ccc3ncoc3c2)c1. The molecule has 0 unspecified atom stereocenters. The predicted octanol–water partition coefficient (Wildman–Crippen LogP) is 3.07. The Labute approximate surface area is 116 Å². The molecule has 0 spiro atoms. The van der Waals surface area contributed by atoms with Crippen LogP contribution in [0.5, 0.6) is 0 Å². The monoisotopic (exact) mass is 266 g/mol. The first kappa shape index (κ1) is 12.4. The van der Waals surface area contributed by atoms with Crippen LogP contribution >= 0.6 is 0 Å². The van der Waals surface area contributed by atoms with Gasteiger partial charge >= 0.3 is 0 Å². The van der Waals surface area contributed by atoms with E-state index in [0.29, 0.717) is 12.1 Å². The molecule has 0 bridgehead atoms. The van der Waals surface area contributed by atoms with E-state index in [9.17, 15) is 4.79 Å². The molecule has 3 aromatic rings. The predicted molar refractivity (Wildman–Crippen MR) is 76.4 cm³/mol. The average molecular weight is 266 g/mol. The molecule has 0 atom stereocenters. The first-order valence-corrected chi connectivity index (χ1v) is 6.39. The molecule has 1 aromatic heterocycles. The van der Waals surface area contributed by atoms with Gasteiger partial charge in [0, 0.05) is 12.1 Å². The lowest BCUT2D eigenvalue weighted by Gasteiger charge is -2.06. The van der Waals surface area contributed by atoms with Crippen LogP contribution in [-0.2, 0) is 6.54 Å². The van der Waals surface area contributed by atoms with E-state index in [4.69, 9.17) is 4.42 Å². The molecule has 1 amide bonds. The van der Waals surface area contributed by atoms with Gasteiger partial charge in [-0.1, -0.05) is 23.8 Å². The highest BCUT2D eigenvalue weighted by Crippen LogP contribution is 2.14. The third-order valence-corrected chi connectivity index (χ3v) is 3.13. The number of hydrogen-bond donors (Lipinski definition) is 1. The van der Waals surface area contributed by atoms with Gasteiger partial charge in [-0.3, -0.25) is 4.79 Å². The van der Waals surface area contributed by atoms with Crippen molar-refractivity contribution in [3.8, 4) is 0 Å². The molecular weight excluding hydrogens is 252 g/mol. The van der Waals surface area contributed by atoms with Crippen LogP contribution in [0.2, 0.25) is 0 Å². The van der Waals surface area contributed by atoms with Gasteiger partial charge in [0.15, 0.2) is 12.0 Å². The third kappa shape index (κ3) is 2.54. The van der Waals surface area contributed by atoms with Crippen molar-refractivity contribution in [2.75, 3.05) is 0 Å². The minimum absolute atomic E-state index is 0.0774. The number of fused-ring (bicyclic) bond motifs is 1. The molecule has 4 nitrogen and oxygen atoms in total. The number of oxazole rings is 1. The van der Waals surface area contributed by atoms with Crippen LogP contribution in [-0.4, -0.2) is 10.9 Å². The smallest absolute Gasteiger partial charge is 0.251 e. The standard InChI is InChI=1S/C16H14N2O2/c1-11-3-2-4-13(7-11)16(19)17-9-12-5-6-14-15(8-12)20-10-18-14/h2-8,10H,9H2,1H3,(H,17,19). The summed E-state index contributed by atoms with van der Waals surface area (Å²) in [6, 6.07) is 13.2. The second-order valence-corrected chi connectivity index (χ2v) is 4.71. The molecule has 1 heterocycles. The van der Waals surface area contributed by atoms with E-state index in [-0.39, 0.29) is 5.91 Å². The molecule has 0 aliphatic rings. The fourth-order valence-corrected chi connectivity index (χ4v) is 2.08. The Hall–Kier alpha value is -2.62. The maximum absolute atomic E-state index is 12.0. The Morgan fingerprint density at radius 2 is 2.15 bits per heavy atom. The number of carbonyl (C=O) groups is 1. The molecule has 3 rings (SSSR count). The van der Waals surface area contributed by atoms with Crippen LogP contribution in [0.1, 0.15) is 21.5 Å². The van der Waals surface area contributed by atoms with Crippen molar-refractivity contribution >= 4 is 17.0 Å². The molecule has 100 valence electrons. The zero-order chi connectivity index (χ0) is 13.9. The third-order valence-electron chi connectivity index (χ3n) is 3.13. The highest BCUT2D eigenvalue weighted by Gasteiger charge is 2.06. The number of aryl methyl sites for hydroxylation is 1. The van der Waals surface area contributed by atoms with Gasteiger partial charge in [0.25, 0.3) is 5.91 Å². The van der Waals surface area contributed by atoms with Crippen LogP contribution in [0.3, 0.4) is 0 Å². The van der Waals surface area contributed by atoms with Crippen molar-refractivity contribution in [3.05, 3.63) is 65.5 Å². The lowest BCUT2D eigenvalue weighted by Crippen LogP contribution is -2.22. The number of aromatic nitrogens is 1. The Balaban J connectivity index is 1.71. The summed E-state index contributed by atoms with van der Waals surface area (Å²) in [6.45, 7) is 2.43. The van der Waals surface area contributed by atoms with Crippen molar-refractivity contribution < 1.29 is 9.21 Å². The maximum atomic E-state index is 12.0. The maximum Gasteiger partial charge on any atom is 0.251 e. The quantitative estimate of drug-likeness (QED) is 0.792. The second-order valence-electron chi connectivity index (χ2n) is 4.71.